The average molecular weight is 380 g/mol. The molecule has 6 heteroatoms. The summed E-state index contributed by atoms with van der Waals surface area (Å²) in [6, 6.07) is 14.6. The van der Waals surface area contributed by atoms with Crippen LogP contribution in [0.3, 0.4) is 0 Å². The molecule has 2 aromatic rings. The van der Waals surface area contributed by atoms with E-state index in [0.29, 0.717) is 23.4 Å². The van der Waals surface area contributed by atoms with Gasteiger partial charge in [-0.2, -0.15) is 5.26 Å². The Kier molecular flexibility index (Phi) is 7.58. The summed E-state index contributed by atoms with van der Waals surface area (Å²) in [5.74, 6) is -0.289. The fraction of sp³-hybridized carbons (Fsp3) is 0.318. The molecule has 1 atom stereocenters. The van der Waals surface area contributed by atoms with Gasteiger partial charge in [0, 0.05) is 6.92 Å². The van der Waals surface area contributed by atoms with Crippen molar-refractivity contribution in [1.82, 2.24) is 0 Å². The van der Waals surface area contributed by atoms with Gasteiger partial charge in [-0.05, 0) is 48.2 Å². The molecule has 0 saturated heterocycles. The second kappa shape index (κ2) is 10.1. The zero-order valence-corrected chi connectivity index (χ0v) is 16.3. The number of methoxy groups -OCH3 is 1. The van der Waals surface area contributed by atoms with Gasteiger partial charge in [0.15, 0.2) is 6.10 Å². The van der Waals surface area contributed by atoms with E-state index in [2.05, 4.69) is 11.4 Å². The van der Waals surface area contributed by atoms with Gasteiger partial charge in [0.05, 0.1) is 24.4 Å². The minimum atomic E-state index is -0.738. The molecule has 2 rings (SSSR count). The molecule has 0 bridgehead atoms. The van der Waals surface area contributed by atoms with E-state index in [0.717, 1.165) is 24.0 Å². The molecular formula is C22H24N2O4. The topological polar surface area (TPSA) is 88.4 Å². The molecule has 0 aliphatic rings. The number of nitriles is 1. The van der Waals surface area contributed by atoms with Gasteiger partial charge in [-0.15, -0.1) is 0 Å². The molecule has 1 unspecified atom stereocenters. The van der Waals surface area contributed by atoms with Crippen LogP contribution in [0, 0.1) is 11.3 Å². The second-order valence-electron chi connectivity index (χ2n) is 6.35. The van der Waals surface area contributed by atoms with Gasteiger partial charge >= 0.3 is 5.97 Å². The number of ether oxygens (including phenoxy) is 2. The number of nitrogens with one attached hydrogen (secondary N) is 1. The first kappa shape index (κ1) is 21.0. The first-order chi connectivity index (χ1) is 13.5. The molecule has 0 spiro atoms. The van der Waals surface area contributed by atoms with Crippen molar-refractivity contribution in [2.45, 2.75) is 39.2 Å². The molecule has 0 aromatic heterocycles. The van der Waals surface area contributed by atoms with E-state index in [1.54, 1.807) is 24.3 Å². The monoisotopic (exact) mass is 380 g/mol. The third kappa shape index (κ3) is 5.58. The number of anilines is 1. The van der Waals surface area contributed by atoms with Crippen LogP contribution in [-0.4, -0.2) is 25.1 Å². The Bertz CT molecular complexity index is 869. The summed E-state index contributed by atoms with van der Waals surface area (Å²) in [6.07, 6.45) is 1.53. The van der Waals surface area contributed by atoms with Crippen LogP contribution in [0.2, 0.25) is 0 Å². The minimum absolute atomic E-state index is 0.245. The van der Waals surface area contributed by atoms with Gasteiger partial charge in [-0.25, -0.2) is 4.79 Å². The van der Waals surface area contributed by atoms with Crippen LogP contribution in [-0.2, 0) is 14.3 Å². The van der Waals surface area contributed by atoms with Crippen molar-refractivity contribution in [2.24, 2.45) is 0 Å². The number of rotatable bonds is 8. The maximum Gasteiger partial charge on any atom is 0.347 e. The number of esters is 1. The summed E-state index contributed by atoms with van der Waals surface area (Å²) in [7, 11) is 1.33. The van der Waals surface area contributed by atoms with Gasteiger partial charge in [0.1, 0.15) is 5.75 Å². The first-order valence-electron chi connectivity index (χ1n) is 9.15. The minimum Gasteiger partial charge on any atom is -0.477 e. The van der Waals surface area contributed by atoms with Gasteiger partial charge in [-0.1, -0.05) is 31.5 Å². The molecule has 0 aliphatic heterocycles. The van der Waals surface area contributed by atoms with Gasteiger partial charge < -0.3 is 14.8 Å². The highest BCUT2D eigenvalue weighted by Gasteiger charge is 2.22. The van der Waals surface area contributed by atoms with Crippen LogP contribution in [0.15, 0.2) is 42.5 Å². The lowest BCUT2D eigenvalue weighted by molar-refractivity contribution is -0.149. The average Bonchev–Trinajstić information content (AvgIpc) is 2.71. The van der Waals surface area contributed by atoms with E-state index in [9.17, 15) is 9.59 Å². The van der Waals surface area contributed by atoms with Crippen LogP contribution in [0.5, 0.6) is 5.75 Å². The Morgan fingerprint density at radius 1 is 1.14 bits per heavy atom. The quantitative estimate of drug-likeness (QED) is 0.690. The van der Waals surface area contributed by atoms with Crippen LogP contribution in [0.1, 0.15) is 38.7 Å². The zero-order valence-electron chi connectivity index (χ0n) is 16.3. The highest BCUT2D eigenvalue weighted by atomic mass is 16.6. The Balaban J connectivity index is 2.36. The van der Waals surface area contributed by atoms with Crippen molar-refractivity contribution in [1.29, 1.82) is 5.26 Å². The number of carbonyl (C=O) groups is 2. The van der Waals surface area contributed by atoms with Crippen molar-refractivity contribution < 1.29 is 19.1 Å². The van der Waals surface area contributed by atoms with Crippen LogP contribution >= 0.6 is 0 Å². The SMILES string of the molecule is CCCCC(Oc1ccc(-c2ccc(C#N)cc2)cc1NC(C)=O)C(=O)OC. The van der Waals surface area contributed by atoms with Crippen molar-refractivity contribution >= 4 is 17.6 Å². The molecule has 0 fully saturated rings. The van der Waals surface area contributed by atoms with Gasteiger partial charge in [0.2, 0.25) is 5.91 Å². The Morgan fingerprint density at radius 3 is 2.39 bits per heavy atom. The molecule has 146 valence electrons. The van der Waals surface area contributed by atoms with E-state index in [4.69, 9.17) is 14.7 Å². The molecule has 0 saturated carbocycles. The number of unbranched alkanes of at least 4 members (excludes halogenated alkanes) is 1. The molecule has 28 heavy (non-hydrogen) atoms. The Hall–Kier alpha value is -3.33. The van der Waals surface area contributed by atoms with Crippen LogP contribution < -0.4 is 10.1 Å². The van der Waals surface area contributed by atoms with Crippen molar-refractivity contribution in [2.75, 3.05) is 12.4 Å². The largest absolute Gasteiger partial charge is 0.477 e. The van der Waals surface area contributed by atoms with Crippen molar-refractivity contribution in [3.63, 3.8) is 0 Å². The van der Waals surface area contributed by atoms with Crippen molar-refractivity contribution in [3.8, 4) is 22.9 Å². The van der Waals surface area contributed by atoms with E-state index in [-0.39, 0.29) is 5.91 Å². The third-order valence-electron chi connectivity index (χ3n) is 4.19. The number of hydrogen-bond acceptors (Lipinski definition) is 5. The fourth-order valence-electron chi connectivity index (χ4n) is 2.74. The molecule has 0 radical (unpaired) electrons. The molecule has 1 amide bonds. The molecular weight excluding hydrogens is 356 g/mol. The van der Waals surface area contributed by atoms with E-state index in [1.165, 1.54) is 14.0 Å². The second-order valence-corrected chi connectivity index (χ2v) is 6.35. The first-order valence-corrected chi connectivity index (χ1v) is 9.15. The molecule has 0 aliphatic carbocycles. The lowest BCUT2D eigenvalue weighted by atomic mass is 10.0. The summed E-state index contributed by atoms with van der Waals surface area (Å²) in [5.41, 5.74) is 2.79. The maximum absolute atomic E-state index is 12.0. The van der Waals surface area contributed by atoms with Crippen LogP contribution in [0.25, 0.3) is 11.1 Å². The predicted octanol–water partition coefficient (Wildman–Crippen LogP) is 4.29. The summed E-state index contributed by atoms with van der Waals surface area (Å²) >= 11 is 0. The zero-order chi connectivity index (χ0) is 20.5. The van der Waals surface area contributed by atoms with Gasteiger partial charge in [0.25, 0.3) is 0 Å². The van der Waals surface area contributed by atoms with E-state index < -0.39 is 12.1 Å². The normalized spacial score (nSPS) is 11.2. The third-order valence-corrected chi connectivity index (χ3v) is 4.19. The van der Waals surface area contributed by atoms with E-state index >= 15 is 0 Å². The summed E-state index contributed by atoms with van der Waals surface area (Å²) in [5, 5.41) is 11.7. The molecule has 1 N–H and O–H groups in total. The van der Waals surface area contributed by atoms with Crippen molar-refractivity contribution in [3.05, 3.63) is 48.0 Å². The number of benzene rings is 2. The van der Waals surface area contributed by atoms with Gasteiger partial charge in [-0.3, -0.25) is 4.79 Å². The Labute approximate surface area is 165 Å². The van der Waals surface area contributed by atoms with E-state index in [1.807, 2.05) is 25.1 Å². The molecule has 6 nitrogen and oxygen atoms in total. The summed E-state index contributed by atoms with van der Waals surface area (Å²) in [4.78, 5) is 23.7. The summed E-state index contributed by atoms with van der Waals surface area (Å²) < 4.78 is 10.7. The number of carbonyl (C=O) groups excluding carboxylic acids is 2. The number of amides is 1. The molecule has 2 aromatic carbocycles. The lowest BCUT2D eigenvalue weighted by Crippen LogP contribution is -2.29. The lowest BCUT2D eigenvalue weighted by Gasteiger charge is -2.19. The standard InChI is InChI=1S/C22H24N2O4/c1-4-5-6-21(22(26)27-3)28-20-12-11-18(13-19(20)24-15(2)25)17-9-7-16(14-23)8-10-17/h7-13,21H,4-6H2,1-3H3,(H,24,25). The Morgan fingerprint density at radius 2 is 1.82 bits per heavy atom. The van der Waals surface area contributed by atoms with Crippen LogP contribution in [0.4, 0.5) is 5.69 Å². The number of nitrogens with zero attached hydrogens (tertiary/aromatic N) is 1. The maximum atomic E-state index is 12.0. The predicted molar refractivity (Wildman–Crippen MR) is 107 cm³/mol. The smallest absolute Gasteiger partial charge is 0.347 e. The fourth-order valence-corrected chi connectivity index (χ4v) is 2.74. The highest BCUT2D eigenvalue weighted by molar-refractivity contribution is 5.91. The molecule has 0 heterocycles. The highest BCUT2D eigenvalue weighted by Crippen LogP contribution is 2.32. The summed E-state index contributed by atoms with van der Waals surface area (Å²) in [6.45, 7) is 3.44. The number of hydrogen-bond donors (Lipinski definition) is 1.